The largest absolute Gasteiger partial charge is 0.429 e. The number of hydrogen-bond acceptors (Lipinski definition) is 2. The Bertz CT molecular complexity index is 327. The number of benzene rings is 1. The van der Waals surface area contributed by atoms with Gasteiger partial charge in [0.25, 0.3) is 0 Å². The Morgan fingerprint density at radius 3 is 2.12 bits per heavy atom. The topological polar surface area (TPSA) is 18.5 Å². The van der Waals surface area contributed by atoms with Gasteiger partial charge in [-0.05, 0) is 26.2 Å². The van der Waals surface area contributed by atoms with E-state index in [1.807, 2.05) is 0 Å². The molecule has 0 spiro atoms. The second-order valence-electron chi connectivity index (χ2n) is 4.32. The Hall–Kier alpha value is -0.795. The number of ether oxygens (including phenoxy) is 1. The Kier molecular flexibility index (Phi) is 5.03. The van der Waals surface area contributed by atoms with Gasteiger partial charge in [0.15, 0.2) is 0 Å². The Labute approximate surface area is 99.1 Å². The fraction of sp³-hybridized carbons (Fsp3) is 0.538. The van der Waals surface area contributed by atoms with Crippen molar-refractivity contribution < 1.29 is 9.39 Å². The zero-order valence-electron chi connectivity index (χ0n) is 11.0. The molecule has 1 aromatic carbocycles. The van der Waals surface area contributed by atoms with Crippen LogP contribution < -0.4 is 5.46 Å². The second kappa shape index (κ2) is 6.07. The number of aryl methyl sites for hydroxylation is 3. The predicted octanol–water partition coefficient (Wildman–Crippen LogP) is 2.10. The maximum absolute atomic E-state index is 5.74. The number of hydrogen-bond donors (Lipinski definition) is 0. The molecule has 0 saturated carbocycles. The van der Waals surface area contributed by atoms with E-state index in [9.17, 15) is 0 Å². The van der Waals surface area contributed by atoms with Gasteiger partial charge in [0.2, 0.25) is 0 Å². The first-order valence-corrected chi connectivity index (χ1v) is 5.74. The van der Waals surface area contributed by atoms with Gasteiger partial charge >= 0.3 is 6.92 Å². The van der Waals surface area contributed by atoms with Crippen LogP contribution in [-0.2, 0) is 9.39 Å². The molecule has 1 rings (SSSR count). The second-order valence-corrected chi connectivity index (χ2v) is 4.32. The molecule has 88 valence electrons. The van der Waals surface area contributed by atoms with E-state index in [4.69, 9.17) is 9.39 Å². The third-order valence-electron chi connectivity index (χ3n) is 2.80. The molecule has 0 amide bonds. The molecular formula is C13H21BO2. The molecule has 0 N–H and O–H groups in total. The highest BCUT2D eigenvalue weighted by Crippen LogP contribution is 2.07. The van der Waals surface area contributed by atoms with Gasteiger partial charge in [0.1, 0.15) is 0 Å². The molecule has 1 aromatic rings. The highest BCUT2D eigenvalue weighted by atomic mass is 16.5. The maximum atomic E-state index is 5.74. The summed E-state index contributed by atoms with van der Waals surface area (Å²) in [7, 11) is 1.69. The fourth-order valence-corrected chi connectivity index (χ4v) is 2.22. The molecule has 16 heavy (non-hydrogen) atoms. The summed E-state index contributed by atoms with van der Waals surface area (Å²) in [5.74, 6) is 0. The first-order chi connectivity index (χ1) is 7.56. The van der Waals surface area contributed by atoms with Crippen molar-refractivity contribution in [1.82, 2.24) is 0 Å². The minimum absolute atomic E-state index is 0.135. The van der Waals surface area contributed by atoms with Crippen LogP contribution in [0.25, 0.3) is 0 Å². The molecule has 3 heteroatoms. The molecule has 0 aliphatic heterocycles. The van der Waals surface area contributed by atoms with Gasteiger partial charge in [0.05, 0.1) is 13.2 Å². The normalized spacial score (nSPS) is 10.6. The summed E-state index contributed by atoms with van der Waals surface area (Å²) in [6.45, 7) is 9.94. The van der Waals surface area contributed by atoms with Crippen molar-refractivity contribution in [2.75, 3.05) is 20.3 Å². The summed E-state index contributed by atoms with van der Waals surface area (Å²) in [4.78, 5) is 0. The lowest BCUT2D eigenvalue weighted by molar-refractivity contribution is 0.147. The third-order valence-corrected chi connectivity index (χ3v) is 2.80. The molecule has 0 fully saturated rings. The molecule has 0 aliphatic carbocycles. The molecular weight excluding hydrogens is 199 g/mol. The van der Waals surface area contributed by atoms with Crippen LogP contribution in [0, 0.1) is 20.8 Å². The summed E-state index contributed by atoms with van der Waals surface area (Å²) in [6, 6.07) is 4.41. The van der Waals surface area contributed by atoms with Crippen LogP contribution in [0.3, 0.4) is 0 Å². The standard InChI is InChI=1S/C13H21BO2/c1-10-8-11(2)13(12(3)9-10)14(4)16-7-6-15-5/h8-9H,6-7H2,1-5H3. The van der Waals surface area contributed by atoms with Crippen LogP contribution in [0.2, 0.25) is 6.82 Å². The van der Waals surface area contributed by atoms with E-state index in [0.29, 0.717) is 13.2 Å². The van der Waals surface area contributed by atoms with Gasteiger partial charge in [-0.2, -0.15) is 0 Å². The smallest absolute Gasteiger partial charge is 0.324 e. The van der Waals surface area contributed by atoms with Gasteiger partial charge in [0, 0.05) is 7.11 Å². The van der Waals surface area contributed by atoms with Gasteiger partial charge in [-0.15, -0.1) is 0 Å². The van der Waals surface area contributed by atoms with Gasteiger partial charge in [-0.3, -0.25) is 0 Å². The molecule has 0 unspecified atom stereocenters. The third kappa shape index (κ3) is 3.36. The SMILES string of the molecule is COCCOB(C)c1c(C)cc(C)cc1C. The molecule has 2 nitrogen and oxygen atoms in total. The van der Waals surface area contributed by atoms with Crippen molar-refractivity contribution in [3.63, 3.8) is 0 Å². The Morgan fingerprint density at radius 1 is 1.06 bits per heavy atom. The van der Waals surface area contributed by atoms with Crippen molar-refractivity contribution in [2.45, 2.75) is 27.6 Å². The zero-order chi connectivity index (χ0) is 12.1. The molecule has 0 aromatic heterocycles. The first kappa shape index (κ1) is 13.3. The van der Waals surface area contributed by atoms with Gasteiger partial charge < -0.3 is 9.39 Å². The molecule has 0 heterocycles. The van der Waals surface area contributed by atoms with Crippen molar-refractivity contribution in [3.05, 3.63) is 28.8 Å². The Balaban J connectivity index is 2.78. The van der Waals surface area contributed by atoms with E-state index in [0.717, 1.165) is 0 Å². The summed E-state index contributed by atoms with van der Waals surface area (Å²) < 4.78 is 10.7. The summed E-state index contributed by atoms with van der Waals surface area (Å²) in [6.07, 6.45) is 0. The minimum atomic E-state index is 0.135. The van der Waals surface area contributed by atoms with Gasteiger partial charge in [-0.1, -0.05) is 35.6 Å². The van der Waals surface area contributed by atoms with Crippen molar-refractivity contribution in [1.29, 1.82) is 0 Å². The van der Waals surface area contributed by atoms with E-state index in [1.165, 1.54) is 22.2 Å². The van der Waals surface area contributed by atoms with Crippen LogP contribution in [0.4, 0.5) is 0 Å². The van der Waals surface area contributed by atoms with Crippen molar-refractivity contribution >= 4 is 12.4 Å². The number of methoxy groups -OCH3 is 1. The lowest BCUT2D eigenvalue weighted by atomic mass is 9.60. The van der Waals surface area contributed by atoms with Crippen LogP contribution in [0.15, 0.2) is 12.1 Å². The highest BCUT2D eigenvalue weighted by molar-refractivity contribution is 6.67. The fourth-order valence-electron chi connectivity index (χ4n) is 2.22. The average molecular weight is 220 g/mol. The van der Waals surface area contributed by atoms with E-state index in [1.54, 1.807) is 7.11 Å². The van der Waals surface area contributed by atoms with Crippen LogP contribution in [0.5, 0.6) is 0 Å². The van der Waals surface area contributed by atoms with E-state index in [-0.39, 0.29) is 6.92 Å². The van der Waals surface area contributed by atoms with Crippen LogP contribution in [0.1, 0.15) is 16.7 Å². The quantitative estimate of drug-likeness (QED) is 0.558. The zero-order valence-corrected chi connectivity index (χ0v) is 11.0. The predicted molar refractivity (Wildman–Crippen MR) is 69.7 cm³/mol. The first-order valence-electron chi connectivity index (χ1n) is 5.74. The molecule has 0 atom stereocenters. The summed E-state index contributed by atoms with van der Waals surface area (Å²) >= 11 is 0. The average Bonchev–Trinajstić information content (AvgIpc) is 2.16. The summed E-state index contributed by atoms with van der Waals surface area (Å²) in [5, 5.41) is 0. The summed E-state index contributed by atoms with van der Waals surface area (Å²) in [5.41, 5.74) is 5.23. The lowest BCUT2D eigenvalue weighted by Gasteiger charge is -2.16. The minimum Gasteiger partial charge on any atom is -0.429 e. The van der Waals surface area contributed by atoms with Crippen molar-refractivity contribution in [3.8, 4) is 0 Å². The Morgan fingerprint density at radius 2 is 1.62 bits per heavy atom. The van der Waals surface area contributed by atoms with Gasteiger partial charge in [-0.25, -0.2) is 0 Å². The molecule has 0 radical (unpaired) electrons. The maximum Gasteiger partial charge on any atom is 0.324 e. The van der Waals surface area contributed by atoms with Crippen molar-refractivity contribution in [2.24, 2.45) is 0 Å². The number of rotatable bonds is 5. The van der Waals surface area contributed by atoms with Crippen LogP contribution in [-0.4, -0.2) is 27.2 Å². The molecule has 0 saturated heterocycles. The van der Waals surface area contributed by atoms with E-state index in [2.05, 4.69) is 39.7 Å². The van der Waals surface area contributed by atoms with Crippen LogP contribution >= 0.6 is 0 Å². The van der Waals surface area contributed by atoms with E-state index >= 15 is 0 Å². The lowest BCUT2D eigenvalue weighted by Crippen LogP contribution is -2.35. The molecule has 0 aliphatic rings. The highest BCUT2D eigenvalue weighted by Gasteiger charge is 2.16. The monoisotopic (exact) mass is 220 g/mol. The molecule has 0 bridgehead atoms. The van der Waals surface area contributed by atoms with E-state index < -0.39 is 0 Å².